The molecule has 1 aliphatic rings. The number of benzene rings is 2. The van der Waals surface area contributed by atoms with Gasteiger partial charge in [0.2, 0.25) is 0 Å². The van der Waals surface area contributed by atoms with E-state index in [2.05, 4.69) is 24.9 Å². The first kappa shape index (κ1) is 26.9. The molecule has 7 heteroatoms. The highest BCUT2D eigenvalue weighted by Gasteiger charge is 2.35. The Morgan fingerprint density at radius 1 is 1.17 bits per heavy atom. The van der Waals surface area contributed by atoms with Crippen LogP contribution in [0, 0.1) is 13.8 Å². The number of phenols is 1. The number of hydrogen-bond donors (Lipinski definition) is 1. The second-order valence-corrected chi connectivity index (χ2v) is 11.1. The smallest absolute Gasteiger partial charge is 0.368 e. The topological polar surface area (TPSA) is 77.9 Å². The molecular formula is C28H36NO5P. The molecule has 0 bridgehead atoms. The molecule has 1 aliphatic heterocycles. The monoisotopic (exact) mass is 497 g/mol. The summed E-state index contributed by atoms with van der Waals surface area (Å²) in [5.74, 6) is 1.23. The van der Waals surface area contributed by atoms with Gasteiger partial charge in [0, 0.05) is 18.8 Å². The van der Waals surface area contributed by atoms with Crippen LogP contribution in [0.3, 0.4) is 0 Å². The van der Waals surface area contributed by atoms with Crippen LogP contribution in [0.5, 0.6) is 11.5 Å². The SMILES string of the molecule is C.Cc1cc(OC[P@]2(=O)OCC[C@@H](c3cccnc3)O2)cc(C)c1Cc1ccc(O)c(C(C)C)c1. The minimum atomic E-state index is -3.39. The maximum Gasteiger partial charge on any atom is 0.368 e. The molecule has 1 fully saturated rings. The third-order valence-electron chi connectivity index (χ3n) is 6.17. The average Bonchev–Trinajstić information content (AvgIpc) is 2.81. The Labute approximate surface area is 208 Å². The van der Waals surface area contributed by atoms with E-state index in [0.29, 0.717) is 24.5 Å². The van der Waals surface area contributed by atoms with E-state index in [1.807, 2.05) is 44.2 Å². The molecule has 2 aromatic carbocycles. The molecule has 0 spiro atoms. The number of aromatic hydroxyl groups is 1. The van der Waals surface area contributed by atoms with Gasteiger partial charge in [-0.15, -0.1) is 0 Å². The van der Waals surface area contributed by atoms with Gasteiger partial charge in [0.1, 0.15) is 11.5 Å². The van der Waals surface area contributed by atoms with E-state index < -0.39 is 7.60 Å². The van der Waals surface area contributed by atoms with Gasteiger partial charge in [-0.25, -0.2) is 0 Å². The van der Waals surface area contributed by atoms with Gasteiger partial charge in [0.05, 0.1) is 12.7 Å². The van der Waals surface area contributed by atoms with Crippen molar-refractivity contribution in [1.82, 2.24) is 4.98 Å². The van der Waals surface area contributed by atoms with Crippen LogP contribution in [-0.2, 0) is 20.0 Å². The van der Waals surface area contributed by atoms with E-state index in [0.717, 1.165) is 34.2 Å². The van der Waals surface area contributed by atoms with Crippen molar-refractivity contribution in [2.45, 2.75) is 60.0 Å². The molecule has 1 saturated heterocycles. The molecule has 2 heterocycles. The zero-order valence-corrected chi connectivity index (χ0v) is 21.0. The van der Waals surface area contributed by atoms with Crippen molar-refractivity contribution in [3.05, 3.63) is 88.2 Å². The highest BCUT2D eigenvalue weighted by Crippen LogP contribution is 2.55. The van der Waals surface area contributed by atoms with Crippen molar-refractivity contribution < 1.29 is 23.5 Å². The number of aryl methyl sites for hydroxylation is 2. The lowest BCUT2D eigenvalue weighted by Gasteiger charge is -2.29. The minimum Gasteiger partial charge on any atom is -0.508 e. The van der Waals surface area contributed by atoms with Crippen LogP contribution >= 0.6 is 7.60 Å². The molecule has 1 aromatic heterocycles. The number of pyridine rings is 1. The van der Waals surface area contributed by atoms with Gasteiger partial charge in [0.25, 0.3) is 0 Å². The van der Waals surface area contributed by atoms with Crippen LogP contribution in [0.1, 0.15) is 73.1 Å². The molecule has 0 saturated carbocycles. The van der Waals surface area contributed by atoms with Gasteiger partial charge in [-0.2, -0.15) is 0 Å². The molecule has 0 unspecified atom stereocenters. The molecule has 0 amide bonds. The lowest BCUT2D eigenvalue weighted by molar-refractivity contribution is 0.0723. The predicted octanol–water partition coefficient (Wildman–Crippen LogP) is 7.46. The number of hydrogen-bond acceptors (Lipinski definition) is 6. The average molecular weight is 498 g/mol. The summed E-state index contributed by atoms with van der Waals surface area (Å²) in [4.78, 5) is 4.12. The Morgan fingerprint density at radius 3 is 2.57 bits per heavy atom. The van der Waals surface area contributed by atoms with E-state index in [1.165, 1.54) is 5.56 Å². The summed E-state index contributed by atoms with van der Waals surface area (Å²) in [5.41, 5.74) is 6.38. The number of aromatic nitrogens is 1. The van der Waals surface area contributed by atoms with E-state index in [4.69, 9.17) is 13.8 Å². The number of phenolic OH excluding ortho intramolecular Hbond substituents is 1. The summed E-state index contributed by atoms with van der Waals surface area (Å²) in [6.45, 7) is 8.60. The largest absolute Gasteiger partial charge is 0.508 e. The van der Waals surface area contributed by atoms with Crippen molar-refractivity contribution in [3.63, 3.8) is 0 Å². The zero-order chi connectivity index (χ0) is 24.3. The third-order valence-corrected chi connectivity index (χ3v) is 7.76. The standard InChI is InChI=1S/C27H32NO5P.CH4/c1-18(2)24-14-21(7-8-26(24)29)15-25-19(3)12-23(13-20(25)4)31-17-34(30)32-11-9-27(33-34)22-6-5-10-28-16-22;/h5-8,10,12-14,16,18,27,29H,9,11,15,17H2,1-4H3;1H4/t27-,34-;/m0./s1. The number of nitrogens with zero attached hydrogens (tertiary/aromatic N) is 1. The summed E-state index contributed by atoms with van der Waals surface area (Å²) in [6.07, 6.45) is 4.35. The van der Waals surface area contributed by atoms with E-state index in [1.54, 1.807) is 18.5 Å². The molecule has 188 valence electrons. The first-order valence-electron chi connectivity index (χ1n) is 11.6. The summed E-state index contributed by atoms with van der Waals surface area (Å²) in [6, 6.07) is 13.5. The fourth-order valence-corrected chi connectivity index (χ4v) is 5.79. The fraction of sp³-hybridized carbons (Fsp3) is 0.393. The van der Waals surface area contributed by atoms with Gasteiger partial charge in [0.15, 0.2) is 6.35 Å². The van der Waals surface area contributed by atoms with Crippen LogP contribution in [0.15, 0.2) is 54.9 Å². The normalized spacial score (nSPS) is 19.9. The molecule has 1 N–H and O–H groups in total. The van der Waals surface area contributed by atoms with Crippen LogP contribution in [0.2, 0.25) is 0 Å². The Bertz CT molecular complexity index is 1170. The van der Waals surface area contributed by atoms with Gasteiger partial charge in [-0.05, 0) is 83.8 Å². The van der Waals surface area contributed by atoms with Crippen molar-refractivity contribution >= 4 is 7.60 Å². The Morgan fingerprint density at radius 2 is 1.91 bits per heavy atom. The van der Waals surface area contributed by atoms with Gasteiger partial charge >= 0.3 is 7.60 Å². The van der Waals surface area contributed by atoms with Crippen LogP contribution in [0.4, 0.5) is 0 Å². The lowest BCUT2D eigenvalue weighted by atomic mass is 9.93. The third kappa shape index (κ3) is 6.52. The van der Waals surface area contributed by atoms with Crippen molar-refractivity contribution in [1.29, 1.82) is 0 Å². The fourth-order valence-electron chi connectivity index (χ4n) is 4.29. The van der Waals surface area contributed by atoms with E-state index >= 15 is 0 Å². The Kier molecular flexibility index (Phi) is 8.76. The summed E-state index contributed by atoms with van der Waals surface area (Å²) in [7, 11) is -3.39. The van der Waals surface area contributed by atoms with Crippen LogP contribution in [-0.4, -0.2) is 23.0 Å². The quantitative estimate of drug-likeness (QED) is 0.341. The lowest BCUT2D eigenvalue weighted by Crippen LogP contribution is -2.17. The molecule has 0 aliphatic carbocycles. The first-order valence-corrected chi connectivity index (χ1v) is 13.3. The Hall–Kier alpha value is -2.66. The molecular weight excluding hydrogens is 461 g/mol. The zero-order valence-electron chi connectivity index (χ0n) is 20.2. The predicted molar refractivity (Wildman–Crippen MR) is 139 cm³/mol. The summed E-state index contributed by atoms with van der Waals surface area (Å²) >= 11 is 0. The highest BCUT2D eigenvalue weighted by molar-refractivity contribution is 7.53. The number of rotatable bonds is 7. The van der Waals surface area contributed by atoms with Gasteiger partial charge in [-0.1, -0.05) is 39.5 Å². The second kappa shape index (κ2) is 11.4. The maximum absolute atomic E-state index is 13.2. The van der Waals surface area contributed by atoms with E-state index in [9.17, 15) is 9.67 Å². The minimum absolute atomic E-state index is 0. The molecule has 3 aromatic rings. The molecule has 2 atom stereocenters. The van der Waals surface area contributed by atoms with Crippen LogP contribution in [0.25, 0.3) is 0 Å². The van der Waals surface area contributed by atoms with Gasteiger partial charge in [-0.3, -0.25) is 14.1 Å². The molecule has 6 nitrogen and oxygen atoms in total. The van der Waals surface area contributed by atoms with Crippen molar-refractivity contribution in [3.8, 4) is 11.5 Å². The molecule has 0 radical (unpaired) electrons. The highest BCUT2D eigenvalue weighted by atomic mass is 31.2. The molecule has 4 rings (SSSR count). The maximum atomic E-state index is 13.2. The van der Waals surface area contributed by atoms with Gasteiger partial charge < -0.3 is 14.4 Å². The van der Waals surface area contributed by atoms with Crippen LogP contribution < -0.4 is 4.74 Å². The van der Waals surface area contributed by atoms with Crippen molar-refractivity contribution in [2.75, 3.05) is 13.0 Å². The number of ether oxygens (including phenoxy) is 1. The molecule has 35 heavy (non-hydrogen) atoms. The Balaban J connectivity index is 0.00000342. The summed E-state index contributed by atoms with van der Waals surface area (Å²) < 4.78 is 30.4. The van der Waals surface area contributed by atoms with Crippen molar-refractivity contribution in [2.24, 2.45) is 0 Å². The van der Waals surface area contributed by atoms with E-state index in [-0.39, 0.29) is 25.8 Å². The summed E-state index contributed by atoms with van der Waals surface area (Å²) in [5, 5.41) is 10.1. The first-order chi connectivity index (χ1) is 16.2. The second-order valence-electron chi connectivity index (χ2n) is 9.15.